The van der Waals surface area contributed by atoms with Crippen LogP contribution in [0.1, 0.15) is 73.4 Å². The summed E-state index contributed by atoms with van der Waals surface area (Å²) >= 11 is 0. The summed E-state index contributed by atoms with van der Waals surface area (Å²) in [6.07, 6.45) is 5.42. The third-order valence-electron chi connectivity index (χ3n) is 9.26. The second-order valence-corrected chi connectivity index (χ2v) is 25.1. The minimum atomic E-state index is -1.73. The highest BCUT2D eigenvalue weighted by Crippen LogP contribution is 2.37. The van der Waals surface area contributed by atoms with Crippen molar-refractivity contribution in [1.82, 2.24) is 0 Å². The fourth-order valence-corrected chi connectivity index (χ4v) is 12.2. The van der Waals surface area contributed by atoms with Crippen LogP contribution in [0.4, 0.5) is 0 Å². The lowest BCUT2D eigenvalue weighted by Crippen LogP contribution is -2.41. The van der Waals surface area contributed by atoms with Crippen molar-refractivity contribution in [3.63, 3.8) is 0 Å². The van der Waals surface area contributed by atoms with E-state index in [0.717, 1.165) is 66.2 Å². The van der Waals surface area contributed by atoms with Crippen LogP contribution in [0.15, 0.2) is 61.7 Å². The third-order valence-corrected chi connectivity index (χ3v) is 21.8. The van der Waals surface area contributed by atoms with E-state index in [4.69, 9.17) is 13.6 Å². The van der Waals surface area contributed by atoms with Crippen molar-refractivity contribution in [1.29, 1.82) is 0 Å². The molecule has 0 spiro atoms. The minimum Gasteiger partial charge on any atom is -0.541 e. The van der Waals surface area contributed by atoms with Crippen molar-refractivity contribution < 1.29 is 18.7 Å². The molecule has 1 N–H and O–H groups in total. The van der Waals surface area contributed by atoms with Crippen molar-refractivity contribution >= 4 is 25.4 Å². The molecule has 0 atom stereocenters. The van der Waals surface area contributed by atoms with Crippen LogP contribution in [0.25, 0.3) is 0 Å². The van der Waals surface area contributed by atoms with Crippen molar-refractivity contribution in [2.45, 2.75) is 130 Å². The quantitative estimate of drug-likeness (QED) is 0.128. The lowest BCUT2D eigenvalue weighted by Gasteiger charge is -2.34. The van der Waals surface area contributed by atoms with Gasteiger partial charge in [0.15, 0.2) is 11.5 Å². The molecule has 4 nitrogen and oxygen atoms in total. The Hall–Kier alpha value is -2.23. The van der Waals surface area contributed by atoms with E-state index in [1.165, 1.54) is 30.8 Å². The van der Waals surface area contributed by atoms with Crippen LogP contribution >= 0.6 is 0 Å². The minimum absolute atomic E-state index is 0.171. The highest BCUT2D eigenvalue weighted by Gasteiger charge is 2.35. The van der Waals surface area contributed by atoms with Crippen molar-refractivity contribution in [2.24, 2.45) is 0 Å². The molecule has 2 aromatic carbocycles. The second-order valence-electron chi connectivity index (χ2n) is 11.6. The first-order valence-corrected chi connectivity index (χ1v) is 24.7. The molecule has 44 heavy (non-hydrogen) atoms. The van der Waals surface area contributed by atoms with Gasteiger partial charge in [0.05, 0.1) is 7.11 Å². The van der Waals surface area contributed by atoms with Crippen LogP contribution in [0, 0.1) is 0 Å². The number of methoxy groups -OCH3 is 1. The van der Waals surface area contributed by atoms with Crippen molar-refractivity contribution in [2.75, 3.05) is 7.11 Å². The fraction of sp³-hybridized carbons (Fsp3) is 0.568. The van der Waals surface area contributed by atoms with Gasteiger partial charge in [-0.1, -0.05) is 105 Å². The average Bonchev–Trinajstić information content (AvgIpc) is 3.06. The van der Waals surface area contributed by atoms with E-state index >= 15 is 0 Å². The number of hydrogen-bond acceptors (Lipinski definition) is 4. The zero-order valence-corrected chi connectivity index (χ0v) is 33.2. The molecule has 0 bridgehead atoms. The van der Waals surface area contributed by atoms with Crippen LogP contribution in [0.3, 0.4) is 0 Å². The Balaban J connectivity index is 0.000000797. The average molecular weight is 659 g/mol. The van der Waals surface area contributed by atoms with Gasteiger partial charge in [-0.15, -0.1) is 13.2 Å². The molecule has 2 rings (SSSR count). The smallest absolute Gasteiger partial charge is 0.250 e. The van der Waals surface area contributed by atoms with Crippen molar-refractivity contribution in [3.8, 4) is 23.0 Å². The number of benzene rings is 2. The summed E-state index contributed by atoms with van der Waals surface area (Å²) in [4.78, 5) is 0. The number of hydrogen-bond donors (Lipinski definition) is 1. The zero-order chi connectivity index (χ0) is 33.6. The van der Waals surface area contributed by atoms with E-state index in [1.807, 2.05) is 18.2 Å². The largest absolute Gasteiger partial charge is 0.541 e. The van der Waals surface area contributed by atoms with E-state index in [1.54, 1.807) is 12.1 Å². The molecule has 0 fully saturated rings. The summed E-state index contributed by atoms with van der Waals surface area (Å²) in [6.45, 7) is 28.1. The molecule has 0 heterocycles. The molecule has 0 saturated heterocycles. The lowest BCUT2D eigenvalue weighted by molar-refractivity contribution is 0.373. The van der Waals surface area contributed by atoms with Gasteiger partial charge in [0, 0.05) is 8.80 Å². The summed E-state index contributed by atoms with van der Waals surface area (Å²) in [5.41, 5.74) is 2.33. The molecule has 0 aliphatic carbocycles. The van der Waals surface area contributed by atoms with E-state index in [0.29, 0.717) is 5.75 Å². The molecule has 2 aromatic rings. The molecular weight excluding hydrogens is 593 g/mol. The standard InChI is InChI=1S/C21H38O2Si2.C10H12O2.C6H16Si/c1-8-15-19-16-17-20(22-24(9-2,10-3)11-4)21(18-19)23-25(12-5,13-6)14-7;1-3-4-8-5-6-9(11)10(7-8)12-2;1-4-7(5-2)6-3/h8,16-18H,1,9-15H2,2-7H3;3,5-7,11H,1,4H2,2H3;7H,4-6H2,1-3H3. The first-order chi connectivity index (χ1) is 21.1. The number of rotatable bonds is 18. The van der Waals surface area contributed by atoms with Crippen LogP contribution in [-0.4, -0.2) is 37.6 Å². The van der Waals surface area contributed by atoms with Gasteiger partial charge in [-0.2, -0.15) is 0 Å². The SMILES string of the molecule is C=CCc1ccc(O)c(OC)c1.C=CCc1ccc(O[Si](CC)(CC)CC)c(O[Si](CC)(CC)CC)c1.CC[SiH](CC)CC. The Morgan fingerprint density at radius 2 is 1.00 bits per heavy atom. The van der Waals surface area contributed by atoms with Crippen LogP contribution in [-0.2, 0) is 12.8 Å². The highest BCUT2D eigenvalue weighted by molar-refractivity contribution is 6.75. The maximum atomic E-state index is 9.25. The van der Waals surface area contributed by atoms with Gasteiger partial charge in [0.1, 0.15) is 11.5 Å². The maximum Gasteiger partial charge on any atom is 0.250 e. The number of phenols is 1. The van der Waals surface area contributed by atoms with Gasteiger partial charge in [-0.25, -0.2) is 0 Å². The van der Waals surface area contributed by atoms with Crippen LogP contribution in [0.2, 0.25) is 54.4 Å². The van der Waals surface area contributed by atoms with Gasteiger partial charge in [-0.05, 0) is 84.5 Å². The molecular formula is C37H66O4Si3. The summed E-state index contributed by atoms with van der Waals surface area (Å²) in [5.74, 6) is 2.63. The molecule has 0 amide bonds. The number of aromatic hydroxyl groups is 1. The lowest BCUT2D eigenvalue weighted by atomic mass is 10.1. The molecule has 0 radical (unpaired) electrons. The number of allylic oxidation sites excluding steroid dienone is 2. The van der Waals surface area contributed by atoms with E-state index in [9.17, 15) is 5.11 Å². The summed E-state index contributed by atoms with van der Waals surface area (Å²) in [7, 11) is -2.08. The molecule has 0 unspecified atom stereocenters. The van der Waals surface area contributed by atoms with Gasteiger partial charge >= 0.3 is 0 Å². The molecule has 0 aliphatic rings. The Morgan fingerprint density at radius 1 is 0.614 bits per heavy atom. The first-order valence-electron chi connectivity index (χ1n) is 17.2. The predicted molar refractivity (Wildman–Crippen MR) is 203 cm³/mol. The summed E-state index contributed by atoms with van der Waals surface area (Å²) in [5, 5.41) is 9.25. The van der Waals surface area contributed by atoms with E-state index < -0.39 is 16.6 Å². The Labute approximate surface area is 275 Å². The van der Waals surface area contributed by atoms with Gasteiger partial charge in [-0.3, -0.25) is 0 Å². The number of phenolic OH excluding ortho intramolecular Hbond substituents is 1. The predicted octanol–water partition coefficient (Wildman–Crippen LogP) is 11.6. The monoisotopic (exact) mass is 658 g/mol. The molecule has 7 heteroatoms. The zero-order valence-electron chi connectivity index (χ0n) is 30.1. The van der Waals surface area contributed by atoms with Gasteiger partial charge in [0.25, 0.3) is 16.6 Å². The molecule has 0 saturated carbocycles. The molecule has 0 aromatic heterocycles. The van der Waals surface area contributed by atoms with E-state index in [2.05, 4.69) is 93.7 Å². The van der Waals surface area contributed by atoms with E-state index in [-0.39, 0.29) is 14.5 Å². The molecule has 250 valence electrons. The van der Waals surface area contributed by atoms with Crippen molar-refractivity contribution in [3.05, 3.63) is 72.8 Å². The fourth-order valence-electron chi connectivity index (χ4n) is 5.29. The Bertz CT molecular complexity index is 1040. The highest BCUT2D eigenvalue weighted by atomic mass is 28.4. The molecule has 0 aliphatic heterocycles. The Kier molecular flexibility index (Phi) is 22.0. The van der Waals surface area contributed by atoms with Crippen LogP contribution < -0.4 is 13.6 Å². The summed E-state index contributed by atoms with van der Waals surface area (Å²) in [6, 6.07) is 23.1. The summed E-state index contributed by atoms with van der Waals surface area (Å²) < 4.78 is 18.4. The van der Waals surface area contributed by atoms with Gasteiger partial charge < -0.3 is 18.7 Å². The first kappa shape index (κ1) is 41.8. The second kappa shape index (κ2) is 23.2. The third kappa shape index (κ3) is 13.8. The topological polar surface area (TPSA) is 47.9 Å². The van der Waals surface area contributed by atoms with Crippen LogP contribution in [0.5, 0.6) is 23.0 Å². The number of ether oxygens (including phenoxy) is 1. The van der Waals surface area contributed by atoms with Gasteiger partial charge in [0.2, 0.25) is 0 Å². The maximum absolute atomic E-state index is 9.25. The normalized spacial score (nSPS) is 11.1. The Morgan fingerprint density at radius 3 is 1.34 bits per heavy atom.